The molecule has 0 spiro atoms. The summed E-state index contributed by atoms with van der Waals surface area (Å²) in [6.07, 6.45) is -0.450. The van der Waals surface area contributed by atoms with Crippen LogP contribution in [0.4, 0.5) is 0 Å². The number of hydrogen-bond acceptors (Lipinski definition) is 5. The van der Waals surface area contributed by atoms with Crippen LogP contribution in [0.1, 0.15) is 34.2 Å². The van der Waals surface area contributed by atoms with Crippen LogP contribution in [0, 0.1) is 6.92 Å². The van der Waals surface area contributed by atoms with Gasteiger partial charge in [0, 0.05) is 12.4 Å². The molecule has 4 aromatic rings. The Bertz CT molecular complexity index is 992. The van der Waals surface area contributed by atoms with E-state index in [2.05, 4.69) is 15.1 Å². The highest BCUT2D eigenvalue weighted by molar-refractivity contribution is 7.20. The minimum atomic E-state index is -0.450. The molecule has 0 saturated carbocycles. The van der Waals surface area contributed by atoms with E-state index in [-0.39, 0.29) is 5.97 Å². The van der Waals surface area contributed by atoms with Crippen molar-refractivity contribution in [3.63, 3.8) is 0 Å². The normalized spacial score (nSPS) is 12.8. The average molecular weight is 340 g/mol. The highest BCUT2D eigenvalue weighted by atomic mass is 32.1. The first-order valence-electron chi connectivity index (χ1n) is 7.61. The number of ether oxygens (including phenoxy) is 1. The fourth-order valence-corrected chi connectivity index (χ4v) is 3.75. The summed E-state index contributed by atoms with van der Waals surface area (Å²) in [5, 5.41) is 5.33. The molecule has 7 heteroatoms. The number of nitrogens with zero attached hydrogens (tertiary/aromatic N) is 3. The summed E-state index contributed by atoms with van der Waals surface area (Å²) in [6.45, 7) is 3.75. The van der Waals surface area contributed by atoms with Gasteiger partial charge in [0.1, 0.15) is 15.5 Å². The SMILES string of the molecule is Cc1nn(C)c2sc(C(=O)O[C@H](C)c3nc4ccccc4[nH]3)cc12. The number of aryl methyl sites for hydroxylation is 2. The Morgan fingerprint density at radius 1 is 1.38 bits per heavy atom. The molecular formula is C17H16N4O2S. The number of aromatic nitrogens is 4. The zero-order valence-electron chi connectivity index (χ0n) is 13.5. The van der Waals surface area contributed by atoms with Crippen molar-refractivity contribution in [2.24, 2.45) is 7.05 Å². The van der Waals surface area contributed by atoms with Crippen LogP contribution >= 0.6 is 11.3 Å². The van der Waals surface area contributed by atoms with Gasteiger partial charge in [0.2, 0.25) is 0 Å². The number of thiophene rings is 1. The first kappa shape index (κ1) is 14.9. The summed E-state index contributed by atoms with van der Waals surface area (Å²) in [5.74, 6) is 0.298. The number of H-pyrrole nitrogens is 1. The zero-order valence-corrected chi connectivity index (χ0v) is 14.3. The molecule has 3 aromatic heterocycles. The maximum Gasteiger partial charge on any atom is 0.349 e. The van der Waals surface area contributed by atoms with Crippen LogP contribution in [0.25, 0.3) is 21.3 Å². The number of nitrogens with one attached hydrogen (secondary N) is 1. The molecule has 122 valence electrons. The van der Waals surface area contributed by atoms with E-state index in [9.17, 15) is 4.79 Å². The molecule has 0 aliphatic carbocycles. The molecule has 6 nitrogen and oxygen atoms in total. The summed E-state index contributed by atoms with van der Waals surface area (Å²) in [4.78, 5) is 21.7. The molecule has 0 fully saturated rings. The van der Waals surface area contributed by atoms with Crippen molar-refractivity contribution in [1.82, 2.24) is 19.7 Å². The monoisotopic (exact) mass is 340 g/mol. The van der Waals surface area contributed by atoms with Gasteiger partial charge in [0.05, 0.1) is 16.7 Å². The predicted molar refractivity (Wildman–Crippen MR) is 93.3 cm³/mol. The molecule has 0 aliphatic rings. The van der Waals surface area contributed by atoms with Gasteiger partial charge in [-0.2, -0.15) is 5.10 Å². The Balaban J connectivity index is 1.58. The lowest BCUT2D eigenvalue weighted by Gasteiger charge is -2.09. The van der Waals surface area contributed by atoms with Crippen molar-refractivity contribution in [3.8, 4) is 0 Å². The molecule has 0 radical (unpaired) electrons. The summed E-state index contributed by atoms with van der Waals surface area (Å²) in [5.41, 5.74) is 2.70. The summed E-state index contributed by atoms with van der Waals surface area (Å²) >= 11 is 1.39. The minimum absolute atomic E-state index is 0.344. The third-order valence-electron chi connectivity index (χ3n) is 3.97. The van der Waals surface area contributed by atoms with Crippen LogP contribution < -0.4 is 0 Å². The molecule has 3 heterocycles. The van der Waals surface area contributed by atoms with Crippen molar-refractivity contribution in [2.45, 2.75) is 20.0 Å². The largest absolute Gasteiger partial charge is 0.450 e. The lowest BCUT2D eigenvalue weighted by Crippen LogP contribution is -2.09. The Hall–Kier alpha value is -2.67. The number of carbonyl (C=O) groups excluding carboxylic acids is 1. The van der Waals surface area contributed by atoms with E-state index in [4.69, 9.17) is 4.74 Å². The maximum atomic E-state index is 12.5. The topological polar surface area (TPSA) is 72.8 Å². The molecule has 1 aromatic carbocycles. The molecule has 1 atom stereocenters. The second-order valence-corrected chi connectivity index (χ2v) is 6.76. The lowest BCUT2D eigenvalue weighted by atomic mass is 10.3. The summed E-state index contributed by atoms with van der Waals surface area (Å²) < 4.78 is 7.37. The third-order valence-corrected chi connectivity index (χ3v) is 5.16. The molecule has 0 amide bonds. The molecule has 24 heavy (non-hydrogen) atoms. The number of benzene rings is 1. The summed E-state index contributed by atoms with van der Waals surface area (Å²) in [6, 6.07) is 9.58. The number of fused-ring (bicyclic) bond motifs is 2. The first-order valence-corrected chi connectivity index (χ1v) is 8.43. The highest BCUT2D eigenvalue weighted by Crippen LogP contribution is 2.29. The van der Waals surface area contributed by atoms with Gasteiger partial charge in [-0.3, -0.25) is 4.68 Å². The van der Waals surface area contributed by atoms with Gasteiger partial charge in [0.25, 0.3) is 0 Å². The molecule has 1 N–H and O–H groups in total. The fourth-order valence-electron chi connectivity index (χ4n) is 2.75. The van der Waals surface area contributed by atoms with Gasteiger partial charge >= 0.3 is 5.97 Å². The van der Waals surface area contributed by atoms with Gasteiger partial charge in [-0.25, -0.2) is 9.78 Å². The number of carbonyl (C=O) groups is 1. The Morgan fingerprint density at radius 2 is 2.17 bits per heavy atom. The van der Waals surface area contributed by atoms with E-state index in [1.54, 1.807) is 4.68 Å². The average Bonchev–Trinajstić information content (AvgIpc) is 3.23. The van der Waals surface area contributed by atoms with Crippen molar-refractivity contribution in [3.05, 3.63) is 46.7 Å². The van der Waals surface area contributed by atoms with Crippen LogP contribution in [0.3, 0.4) is 0 Å². The van der Waals surface area contributed by atoms with Crippen LogP contribution in [-0.2, 0) is 11.8 Å². The molecule has 0 saturated heterocycles. The Kier molecular flexibility index (Phi) is 3.38. The van der Waals surface area contributed by atoms with Gasteiger partial charge in [0.15, 0.2) is 6.10 Å². The summed E-state index contributed by atoms with van der Waals surface area (Å²) in [7, 11) is 1.87. The van der Waals surface area contributed by atoms with Gasteiger partial charge in [-0.15, -0.1) is 11.3 Å². The van der Waals surface area contributed by atoms with Gasteiger partial charge in [-0.05, 0) is 32.0 Å². The standard InChI is InChI=1S/C17H16N4O2S/c1-9-11-8-14(24-16(11)21(3)20-9)17(22)23-10(2)15-18-12-6-4-5-7-13(12)19-15/h4-8,10H,1-3H3,(H,18,19)/t10-/m1/s1. The maximum absolute atomic E-state index is 12.5. The third kappa shape index (κ3) is 2.37. The second kappa shape index (κ2) is 5.45. The number of rotatable bonds is 3. The highest BCUT2D eigenvalue weighted by Gasteiger charge is 2.20. The van der Waals surface area contributed by atoms with Crippen LogP contribution in [0.15, 0.2) is 30.3 Å². The van der Waals surface area contributed by atoms with Crippen molar-refractivity contribution >= 4 is 38.6 Å². The fraction of sp³-hybridized carbons (Fsp3) is 0.235. The lowest BCUT2D eigenvalue weighted by molar-refractivity contribution is 0.0328. The van der Waals surface area contributed by atoms with Crippen LogP contribution in [-0.4, -0.2) is 25.7 Å². The van der Waals surface area contributed by atoms with Gasteiger partial charge in [-0.1, -0.05) is 12.1 Å². The number of aromatic amines is 1. The Labute approximate surface area is 142 Å². The molecule has 0 bridgehead atoms. The van der Waals surface area contributed by atoms with Crippen LogP contribution in [0.2, 0.25) is 0 Å². The van der Waals surface area contributed by atoms with Crippen molar-refractivity contribution in [1.29, 1.82) is 0 Å². The Morgan fingerprint density at radius 3 is 2.92 bits per heavy atom. The molecular weight excluding hydrogens is 324 g/mol. The number of hydrogen-bond donors (Lipinski definition) is 1. The predicted octanol–water partition coefficient (Wildman–Crippen LogP) is 3.74. The molecule has 0 aliphatic heterocycles. The van der Waals surface area contributed by atoms with Crippen LogP contribution in [0.5, 0.6) is 0 Å². The zero-order chi connectivity index (χ0) is 16.8. The minimum Gasteiger partial charge on any atom is -0.450 e. The van der Waals surface area contributed by atoms with E-state index in [0.717, 1.165) is 26.9 Å². The number of para-hydroxylation sites is 2. The van der Waals surface area contributed by atoms with E-state index < -0.39 is 6.10 Å². The van der Waals surface area contributed by atoms with E-state index >= 15 is 0 Å². The first-order chi connectivity index (χ1) is 11.5. The van der Waals surface area contributed by atoms with E-state index in [0.29, 0.717) is 10.7 Å². The number of esters is 1. The second-order valence-electron chi connectivity index (χ2n) is 5.73. The van der Waals surface area contributed by atoms with Crippen molar-refractivity contribution in [2.75, 3.05) is 0 Å². The van der Waals surface area contributed by atoms with Crippen molar-refractivity contribution < 1.29 is 9.53 Å². The smallest absolute Gasteiger partial charge is 0.349 e. The molecule has 0 unspecified atom stereocenters. The van der Waals surface area contributed by atoms with E-state index in [1.807, 2.05) is 51.2 Å². The molecule has 4 rings (SSSR count). The quantitative estimate of drug-likeness (QED) is 0.577. The van der Waals surface area contributed by atoms with Gasteiger partial charge < -0.3 is 9.72 Å². The number of imidazole rings is 1. The van der Waals surface area contributed by atoms with E-state index in [1.165, 1.54) is 11.3 Å².